The van der Waals surface area contributed by atoms with Crippen molar-refractivity contribution < 1.29 is 25.1 Å². The van der Waals surface area contributed by atoms with Crippen molar-refractivity contribution in [2.75, 3.05) is 0 Å². The van der Waals surface area contributed by atoms with Gasteiger partial charge in [0.05, 0.1) is 0 Å². The predicted octanol–water partition coefficient (Wildman–Crippen LogP) is 22.9. The van der Waals surface area contributed by atoms with E-state index in [0.29, 0.717) is 0 Å². The third-order valence-corrected chi connectivity index (χ3v) is 14.0. The Hall–Kier alpha value is -1.82. The van der Waals surface area contributed by atoms with Gasteiger partial charge in [0.1, 0.15) is 0 Å². The summed E-state index contributed by atoms with van der Waals surface area (Å²) in [6.45, 7) is 23.6. The van der Waals surface area contributed by atoms with Crippen LogP contribution in [0.2, 0.25) is 0 Å². The Labute approximate surface area is 446 Å². The summed E-state index contributed by atoms with van der Waals surface area (Å²) in [7, 11) is 0. The smallest absolute Gasteiger partial charge is 0.493 e. The fourth-order valence-corrected chi connectivity index (χ4v) is 9.65. The molecule has 398 valence electrons. The molecule has 3 rings (SSSR count). The first kappa shape index (κ1) is 67.2. The van der Waals surface area contributed by atoms with Gasteiger partial charge in [-0.05, 0) is 111 Å². The molecule has 1 aliphatic rings. The van der Waals surface area contributed by atoms with Gasteiger partial charge in [-0.25, -0.2) is 4.70 Å². The van der Waals surface area contributed by atoms with Gasteiger partial charge in [-0.15, -0.1) is 0 Å². The normalized spacial score (nSPS) is 12.1. The van der Waals surface area contributed by atoms with Crippen LogP contribution in [0.5, 0.6) is 0 Å². The molecule has 0 fully saturated rings. The Morgan fingerprint density at radius 3 is 0.942 bits per heavy atom. The van der Waals surface area contributed by atoms with Crippen LogP contribution in [-0.4, -0.2) is 4.70 Å². The number of hydrogen-bond donors (Lipinski definition) is 0. The van der Waals surface area contributed by atoms with Crippen molar-refractivity contribution in [3.05, 3.63) is 101 Å². The first-order chi connectivity index (χ1) is 33.4. The van der Waals surface area contributed by atoms with E-state index in [-0.39, 0.29) is 20.4 Å². The van der Waals surface area contributed by atoms with Crippen molar-refractivity contribution in [1.82, 2.24) is 0 Å². The average molecular weight is 1040 g/mol. The topological polar surface area (TPSA) is 25.3 Å². The van der Waals surface area contributed by atoms with Crippen LogP contribution in [0.4, 0.5) is 0 Å². The summed E-state index contributed by atoms with van der Waals surface area (Å²) < 4.78 is 1.57. The Balaban J connectivity index is 0.00000183. The molecule has 0 bridgehead atoms. The maximum atomic E-state index is 12.1. The van der Waals surface area contributed by atoms with E-state index < -0.39 is 0 Å². The number of benzene rings is 2. The molecule has 0 aliphatic carbocycles. The minimum atomic E-state index is 0. The molecule has 2 aromatic carbocycles. The van der Waals surface area contributed by atoms with E-state index in [4.69, 9.17) is 0 Å². The summed E-state index contributed by atoms with van der Waals surface area (Å²) in [5, 5.41) is 0. The van der Waals surface area contributed by atoms with Gasteiger partial charge in [-0.1, -0.05) is 247 Å². The number of unbranched alkanes of at least 4 members (excludes halogenated alkanes) is 29. The van der Waals surface area contributed by atoms with E-state index in [1.165, 1.54) is 244 Å². The number of aryl methyl sites for hydroxylation is 4. The van der Waals surface area contributed by atoms with Crippen molar-refractivity contribution >= 4 is 11.4 Å². The van der Waals surface area contributed by atoms with Crippen molar-refractivity contribution in [2.45, 2.75) is 312 Å². The molecule has 0 atom stereocenters. The number of allylic oxidation sites excluding steroid dienone is 2. The maximum Gasteiger partial charge on any atom is 2.00 e. The average Bonchev–Trinajstić information content (AvgIpc) is 3.68. The Bertz CT molecular complexity index is 1460. The molecule has 0 spiro atoms. The van der Waals surface area contributed by atoms with Crippen molar-refractivity contribution in [3.8, 4) is 0 Å². The summed E-state index contributed by atoms with van der Waals surface area (Å²) >= 11 is 0. The first-order valence-corrected chi connectivity index (χ1v) is 30.2. The van der Waals surface area contributed by atoms with Crippen molar-refractivity contribution in [1.29, 1.82) is 0 Å². The molecule has 0 unspecified atom stereocenters. The van der Waals surface area contributed by atoms with E-state index in [0.717, 1.165) is 69.2 Å². The zero-order valence-electron chi connectivity index (χ0n) is 47.2. The monoisotopic (exact) mass is 1040 g/mol. The molecule has 2 aromatic rings. The van der Waals surface area contributed by atoms with Gasteiger partial charge < -0.3 is 19.4 Å². The molecule has 0 radical (unpaired) electrons. The van der Waals surface area contributed by atoms with Gasteiger partial charge in [0.2, 0.25) is 11.4 Å². The predicted molar refractivity (Wildman–Crippen MR) is 307 cm³/mol. The minimum Gasteiger partial charge on any atom is -0.493 e. The molecule has 3 heteroatoms. The quantitative estimate of drug-likeness (QED) is 0.0274. The van der Waals surface area contributed by atoms with Crippen LogP contribution < -0.4 is 0 Å². The summed E-state index contributed by atoms with van der Waals surface area (Å²) in [4.78, 5) is 0. The fourth-order valence-electron chi connectivity index (χ4n) is 9.65. The first-order valence-electron chi connectivity index (χ1n) is 30.2. The van der Waals surface area contributed by atoms with Crippen LogP contribution in [0.3, 0.4) is 0 Å². The zero-order chi connectivity index (χ0) is 49.7. The minimum absolute atomic E-state index is 0. The third-order valence-electron chi connectivity index (χ3n) is 14.0. The molecule has 0 aromatic heterocycles. The number of nitrogens with zero attached hydrogens (tertiary/aromatic N) is 2. The van der Waals surface area contributed by atoms with Gasteiger partial charge in [-0.2, -0.15) is 12.8 Å². The van der Waals surface area contributed by atoms with E-state index in [1.807, 2.05) is 0 Å². The molecule has 1 aliphatic heterocycles. The zero-order valence-corrected chi connectivity index (χ0v) is 48.7. The van der Waals surface area contributed by atoms with Crippen LogP contribution in [0.1, 0.15) is 319 Å². The second kappa shape index (κ2) is 48.4. The van der Waals surface area contributed by atoms with Gasteiger partial charge in [0.25, 0.3) is 0 Å². The number of rotatable bonds is 41. The molecule has 0 amide bonds. The van der Waals surface area contributed by atoms with Crippen molar-refractivity contribution in [3.63, 3.8) is 0 Å². The molecule has 69 heavy (non-hydrogen) atoms. The maximum absolute atomic E-state index is 12.1. The fraction of sp³-hybridized carbons (Fsp3) is 0.727. The Morgan fingerprint density at radius 1 is 0.333 bits per heavy atom. The Morgan fingerprint density at radius 2 is 0.609 bits per heavy atom. The van der Waals surface area contributed by atoms with Gasteiger partial charge in [0.15, 0.2) is 0 Å². The second-order valence-corrected chi connectivity index (χ2v) is 20.8. The molecular formula is C66H114N2Pd. The van der Waals surface area contributed by atoms with Gasteiger partial charge >= 0.3 is 20.4 Å². The third kappa shape index (κ3) is 33.5. The summed E-state index contributed by atoms with van der Waals surface area (Å²) in [5.41, 5.74) is 23.5. The van der Waals surface area contributed by atoms with E-state index in [1.54, 1.807) is 4.70 Å². The Kier molecular flexibility index (Phi) is 47.2. The summed E-state index contributed by atoms with van der Waals surface area (Å²) in [6.07, 6.45) is 55.3. The molecular weight excluding hydrogens is 927 g/mol. The van der Waals surface area contributed by atoms with Crippen LogP contribution in [0, 0.1) is 13.8 Å². The molecule has 0 N–H and O–H groups in total. The van der Waals surface area contributed by atoms with Crippen LogP contribution in [-0.2, 0) is 46.1 Å². The van der Waals surface area contributed by atoms with Gasteiger partial charge in [-0.3, -0.25) is 0 Å². The molecule has 0 saturated heterocycles. The van der Waals surface area contributed by atoms with E-state index in [2.05, 4.69) is 105 Å². The SMILES string of the molecule is CCCCCCCCc1cc(CCCCCCCC)cc(C2=C(CCCC)C=C(c3cc(CCCCC)cc(CCCCC)c3)[N+]2=[N-])c1.[CH2-]CCCCCCCCC.[CH2-]CCCCCCCCC.[Pd+2]. The molecule has 1 heterocycles. The van der Waals surface area contributed by atoms with Gasteiger partial charge in [0, 0.05) is 22.8 Å². The van der Waals surface area contributed by atoms with Crippen molar-refractivity contribution in [2.24, 2.45) is 0 Å². The van der Waals surface area contributed by atoms with E-state index >= 15 is 0 Å². The molecule has 2 nitrogen and oxygen atoms in total. The largest absolute Gasteiger partial charge is 2.00 e. The summed E-state index contributed by atoms with van der Waals surface area (Å²) in [5.74, 6) is 0. The van der Waals surface area contributed by atoms with Crippen LogP contribution in [0.25, 0.3) is 16.9 Å². The van der Waals surface area contributed by atoms with Crippen LogP contribution >= 0.6 is 0 Å². The van der Waals surface area contributed by atoms with Crippen LogP contribution in [0.15, 0.2) is 48.0 Å². The second-order valence-electron chi connectivity index (χ2n) is 20.8. The number of hydrogen-bond acceptors (Lipinski definition) is 0. The standard InChI is InChI=1S/C46H72N2.2C10H21.Pd/c1-6-11-16-18-20-24-28-40-32-41(29-25-21-19-17-12-7-2)36-44(35-40)46-42(30-15-10-5)37-45(48(46)47)43-33-38(26-22-13-8-3)31-39(34-43)27-23-14-9-4;2*1-3-5-7-9-10-8-6-4-2;/h31-37H,6-30H2,1-5H3;2*1,3-10H2,2H3;/q;2*-1;+2. The molecule has 0 saturated carbocycles. The summed E-state index contributed by atoms with van der Waals surface area (Å²) in [6, 6.07) is 14.5. The van der Waals surface area contributed by atoms with E-state index in [9.17, 15) is 5.53 Å².